The van der Waals surface area contributed by atoms with Gasteiger partial charge in [0, 0.05) is 11.8 Å². The molecule has 6 heteroatoms. The number of nitrogens with zero attached hydrogens (tertiary/aromatic N) is 1. The van der Waals surface area contributed by atoms with Gasteiger partial charge in [-0.2, -0.15) is 0 Å². The largest absolute Gasteiger partial charge is 0.486 e. The molecule has 1 aliphatic heterocycles. The number of hydrogen-bond acceptors (Lipinski definition) is 5. The lowest BCUT2D eigenvalue weighted by Crippen LogP contribution is -2.15. The van der Waals surface area contributed by atoms with E-state index >= 15 is 0 Å². The number of amides is 1. The van der Waals surface area contributed by atoms with Gasteiger partial charge in [-0.05, 0) is 29.8 Å². The number of rotatable bonds is 5. The number of pyridine rings is 1. The van der Waals surface area contributed by atoms with Gasteiger partial charge >= 0.3 is 0 Å². The third kappa shape index (κ3) is 4.36. The number of ether oxygens (including phenoxy) is 2. The zero-order valence-corrected chi connectivity index (χ0v) is 14.6. The number of fused-ring (bicyclic) bond motifs is 1. The first-order valence-corrected chi connectivity index (χ1v) is 8.73. The fourth-order valence-electron chi connectivity index (χ4n) is 2.80. The van der Waals surface area contributed by atoms with Gasteiger partial charge < -0.3 is 20.1 Å². The van der Waals surface area contributed by atoms with Crippen molar-refractivity contribution in [3.63, 3.8) is 0 Å². The van der Waals surface area contributed by atoms with Crippen molar-refractivity contribution in [2.45, 2.75) is 6.42 Å². The summed E-state index contributed by atoms with van der Waals surface area (Å²) in [7, 11) is 0. The van der Waals surface area contributed by atoms with E-state index in [0.717, 1.165) is 22.7 Å². The van der Waals surface area contributed by atoms with Crippen LogP contribution < -0.4 is 20.1 Å². The molecule has 27 heavy (non-hydrogen) atoms. The average molecular weight is 361 g/mol. The predicted octanol–water partition coefficient (Wildman–Crippen LogP) is 3.78. The van der Waals surface area contributed by atoms with Crippen LogP contribution in [0.15, 0.2) is 66.9 Å². The monoisotopic (exact) mass is 361 g/mol. The molecule has 1 aromatic heterocycles. The van der Waals surface area contributed by atoms with Crippen LogP contribution in [-0.2, 0) is 11.2 Å². The first kappa shape index (κ1) is 16.9. The molecule has 136 valence electrons. The second kappa shape index (κ2) is 7.78. The number of carbonyl (C=O) groups excluding carboxylic acids is 1. The number of aromatic nitrogens is 1. The number of carbonyl (C=O) groups is 1. The van der Waals surface area contributed by atoms with Gasteiger partial charge in [0.1, 0.15) is 19.0 Å². The molecule has 2 heterocycles. The van der Waals surface area contributed by atoms with Gasteiger partial charge in [0.25, 0.3) is 0 Å². The van der Waals surface area contributed by atoms with Gasteiger partial charge in [-0.1, -0.05) is 30.3 Å². The lowest BCUT2D eigenvalue weighted by molar-refractivity contribution is -0.115. The second-order valence-electron chi connectivity index (χ2n) is 6.13. The number of anilines is 3. The molecule has 1 aliphatic rings. The molecule has 0 unspecified atom stereocenters. The molecule has 2 N–H and O–H groups in total. The Balaban J connectivity index is 1.37. The van der Waals surface area contributed by atoms with Crippen LogP contribution in [0.3, 0.4) is 0 Å². The summed E-state index contributed by atoms with van der Waals surface area (Å²) in [4.78, 5) is 16.5. The van der Waals surface area contributed by atoms with E-state index in [-0.39, 0.29) is 5.91 Å². The van der Waals surface area contributed by atoms with Crippen molar-refractivity contribution in [2.75, 3.05) is 23.8 Å². The van der Waals surface area contributed by atoms with Crippen LogP contribution in [0.1, 0.15) is 5.56 Å². The molecule has 1 amide bonds. The highest BCUT2D eigenvalue weighted by Gasteiger charge is 2.12. The van der Waals surface area contributed by atoms with E-state index in [4.69, 9.17) is 9.47 Å². The summed E-state index contributed by atoms with van der Waals surface area (Å²) in [6.07, 6.45) is 1.96. The van der Waals surface area contributed by atoms with Crippen LogP contribution >= 0.6 is 0 Å². The standard InChI is InChI=1S/C21H19N3O3/c25-21(12-15-4-2-1-3-5-15)24-17-7-9-20(22-14-17)23-16-6-8-18-19(13-16)27-11-10-26-18/h1-9,13-14H,10-12H2,(H,22,23)(H,24,25). The topological polar surface area (TPSA) is 72.5 Å². The van der Waals surface area contributed by atoms with E-state index in [1.54, 1.807) is 6.20 Å². The molecular formula is C21H19N3O3. The molecule has 0 saturated heterocycles. The maximum Gasteiger partial charge on any atom is 0.228 e. The molecular weight excluding hydrogens is 342 g/mol. The third-order valence-electron chi connectivity index (χ3n) is 4.07. The molecule has 0 saturated carbocycles. The molecule has 0 atom stereocenters. The predicted molar refractivity (Wildman–Crippen MR) is 104 cm³/mol. The minimum absolute atomic E-state index is 0.0736. The summed E-state index contributed by atoms with van der Waals surface area (Å²) in [5.41, 5.74) is 2.48. The van der Waals surface area contributed by atoms with E-state index < -0.39 is 0 Å². The van der Waals surface area contributed by atoms with Gasteiger partial charge in [-0.15, -0.1) is 0 Å². The maximum atomic E-state index is 12.1. The molecule has 4 rings (SSSR count). The second-order valence-corrected chi connectivity index (χ2v) is 6.13. The molecule has 0 bridgehead atoms. The zero-order chi connectivity index (χ0) is 18.5. The van der Waals surface area contributed by atoms with Crippen molar-refractivity contribution in [2.24, 2.45) is 0 Å². The number of benzene rings is 2. The quantitative estimate of drug-likeness (QED) is 0.724. The van der Waals surface area contributed by atoms with E-state index in [9.17, 15) is 4.79 Å². The minimum Gasteiger partial charge on any atom is -0.486 e. The maximum absolute atomic E-state index is 12.1. The summed E-state index contributed by atoms with van der Waals surface area (Å²) in [5.74, 6) is 2.07. The van der Waals surface area contributed by atoms with Crippen molar-refractivity contribution >= 4 is 23.1 Å². The lowest BCUT2D eigenvalue weighted by Gasteiger charge is -2.19. The molecule has 0 radical (unpaired) electrons. The highest BCUT2D eigenvalue weighted by Crippen LogP contribution is 2.33. The summed E-state index contributed by atoms with van der Waals surface area (Å²) in [6, 6.07) is 18.9. The molecule has 2 aromatic carbocycles. The number of hydrogen-bond donors (Lipinski definition) is 2. The highest BCUT2D eigenvalue weighted by atomic mass is 16.6. The molecule has 3 aromatic rings. The Hall–Kier alpha value is -3.54. The first-order valence-electron chi connectivity index (χ1n) is 8.73. The summed E-state index contributed by atoms with van der Waals surface area (Å²) in [5, 5.41) is 6.07. The van der Waals surface area contributed by atoms with Crippen LogP contribution in [0.2, 0.25) is 0 Å². The van der Waals surface area contributed by atoms with Crippen LogP contribution in [0.5, 0.6) is 11.5 Å². The Morgan fingerprint density at radius 2 is 1.70 bits per heavy atom. The Labute approximate surface area is 157 Å². The molecule has 0 spiro atoms. The Morgan fingerprint density at radius 3 is 2.48 bits per heavy atom. The smallest absolute Gasteiger partial charge is 0.228 e. The van der Waals surface area contributed by atoms with Gasteiger partial charge in [-0.25, -0.2) is 4.98 Å². The Kier molecular flexibility index (Phi) is 4.87. The summed E-state index contributed by atoms with van der Waals surface area (Å²) >= 11 is 0. The van der Waals surface area contributed by atoms with E-state index in [2.05, 4.69) is 15.6 Å². The minimum atomic E-state index is -0.0736. The van der Waals surface area contributed by atoms with Crippen molar-refractivity contribution in [1.29, 1.82) is 0 Å². The molecule has 6 nitrogen and oxygen atoms in total. The van der Waals surface area contributed by atoms with Crippen molar-refractivity contribution in [1.82, 2.24) is 4.98 Å². The Bertz CT molecular complexity index is 927. The summed E-state index contributed by atoms with van der Waals surface area (Å²) < 4.78 is 11.1. The van der Waals surface area contributed by atoms with Crippen LogP contribution in [-0.4, -0.2) is 24.1 Å². The fraction of sp³-hybridized carbons (Fsp3) is 0.143. The van der Waals surface area contributed by atoms with Gasteiger partial charge in [-0.3, -0.25) is 4.79 Å². The first-order chi connectivity index (χ1) is 13.3. The van der Waals surface area contributed by atoms with Crippen molar-refractivity contribution < 1.29 is 14.3 Å². The van der Waals surface area contributed by atoms with Crippen molar-refractivity contribution in [3.05, 3.63) is 72.4 Å². The van der Waals surface area contributed by atoms with Crippen LogP contribution in [0, 0.1) is 0 Å². The van der Waals surface area contributed by atoms with E-state index in [1.807, 2.05) is 60.7 Å². The molecule has 0 aliphatic carbocycles. The van der Waals surface area contributed by atoms with Gasteiger partial charge in [0.2, 0.25) is 5.91 Å². The fourth-order valence-corrected chi connectivity index (χ4v) is 2.80. The van der Waals surface area contributed by atoms with Crippen LogP contribution in [0.25, 0.3) is 0 Å². The van der Waals surface area contributed by atoms with E-state index in [0.29, 0.717) is 31.1 Å². The number of nitrogens with one attached hydrogen (secondary N) is 2. The average Bonchev–Trinajstić information content (AvgIpc) is 2.70. The van der Waals surface area contributed by atoms with E-state index in [1.165, 1.54) is 0 Å². The summed E-state index contributed by atoms with van der Waals surface area (Å²) in [6.45, 7) is 1.12. The van der Waals surface area contributed by atoms with Gasteiger partial charge in [0.15, 0.2) is 11.5 Å². The SMILES string of the molecule is O=C(Cc1ccccc1)Nc1ccc(Nc2ccc3c(c2)OCCO3)nc1. The van der Waals surface area contributed by atoms with Gasteiger partial charge in [0.05, 0.1) is 18.3 Å². The third-order valence-corrected chi connectivity index (χ3v) is 4.07. The highest BCUT2D eigenvalue weighted by molar-refractivity contribution is 5.92. The lowest BCUT2D eigenvalue weighted by atomic mass is 10.1. The van der Waals surface area contributed by atoms with Crippen LogP contribution in [0.4, 0.5) is 17.2 Å². The normalized spacial score (nSPS) is 12.3. The Morgan fingerprint density at radius 1 is 0.926 bits per heavy atom. The zero-order valence-electron chi connectivity index (χ0n) is 14.6. The molecule has 0 fully saturated rings. The van der Waals surface area contributed by atoms with Crippen molar-refractivity contribution in [3.8, 4) is 11.5 Å².